The van der Waals surface area contributed by atoms with Crippen LogP contribution in [-0.4, -0.2) is 24.1 Å². The van der Waals surface area contributed by atoms with E-state index in [2.05, 4.69) is 105 Å². The molecule has 0 amide bonds. The van der Waals surface area contributed by atoms with E-state index >= 15 is 0 Å². The van der Waals surface area contributed by atoms with E-state index in [4.69, 9.17) is 9.97 Å². The number of nitrogens with zero attached hydrogens (tertiary/aromatic N) is 5. The minimum Gasteiger partial charge on any atom is -0.308 e. The van der Waals surface area contributed by atoms with Gasteiger partial charge in [-0.25, -0.2) is 9.97 Å². The highest BCUT2D eigenvalue weighted by atomic mass is 15.0. The molecule has 0 fully saturated rings. The zero-order valence-corrected chi connectivity index (χ0v) is 22.4. The molecular weight excluding hydrogens is 514 g/mol. The number of pyridine rings is 1. The summed E-state index contributed by atoms with van der Waals surface area (Å²) < 4.78 is 4.80. The number of benzene rings is 5. The van der Waals surface area contributed by atoms with E-state index in [1.165, 1.54) is 27.1 Å². The fourth-order valence-corrected chi connectivity index (χ4v) is 7.03. The van der Waals surface area contributed by atoms with Gasteiger partial charge in [0.25, 0.3) is 0 Å². The lowest BCUT2D eigenvalue weighted by molar-refractivity contribution is 1.14. The summed E-state index contributed by atoms with van der Waals surface area (Å²) in [7, 11) is 0. The molecule has 42 heavy (non-hydrogen) atoms. The average Bonchev–Trinajstić information content (AvgIpc) is 3.53. The molecule has 0 atom stereocenters. The second-order valence-corrected chi connectivity index (χ2v) is 10.9. The molecule has 0 saturated carbocycles. The van der Waals surface area contributed by atoms with E-state index < -0.39 is 0 Å². The van der Waals surface area contributed by atoms with E-state index in [1.807, 2.05) is 36.7 Å². The summed E-state index contributed by atoms with van der Waals surface area (Å²) in [4.78, 5) is 15.1. The van der Waals surface area contributed by atoms with Crippen LogP contribution in [0.5, 0.6) is 0 Å². The van der Waals surface area contributed by atoms with Crippen LogP contribution < -0.4 is 0 Å². The predicted molar refractivity (Wildman–Crippen MR) is 170 cm³/mol. The Morgan fingerprint density at radius 3 is 1.95 bits per heavy atom. The molecule has 4 aromatic heterocycles. The van der Waals surface area contributed by atoms with Crippen molar-refractivity contribution in [2.24, 2.45) is 0 Å². The maximum absolute atomic E-state index is 5.33. The van der Waals surface area contributed by atoms with Gasteiger partial charge in [0.1, 0.15) is 0 Å². The molecule has 0 aliphatic carbocycles. The fourth-order valence-electron chi connectivity index (χ4n) is 7.03. The largest absolute Gasteiger partial charge is 0.308 e. The van der Waals surface area contributed by atoms with Crippen LogP contribution in [0.2, 0.25) is 0 Å². The van der Waals surface area contributed by atoms with Gasteiger partial charge in [-0.1, -0.05) is 66.7 Å². The Balaban J connectivity index is 1.54. The van der Waals surface area contributed by atoms with E-state index in [-0.39, 0.29) is 0 Å². The minimum atomic E-state index is 0.893. The minimum absolute atomic E-state index is 0.893. The summed E-state index contributed by atoms with van der Waals surface area (Å²) in [6.45, 7) is 0. The van der Waals surface area contributed by atoms with Crippen LogP contribution >= 0.6 is 0 Å². The molecule has 0 unspecified atom stereocenters. The van der Waals surface area contributed by atoms with Gasteiger partial charge < -0.3 is 9.13 Å². The van der Waals surface area contributed by atoms with Crippen molar-refractivity contribution in [2.75, 3.05) is 0 Å². The van der Waals surface area contributed by atoms with Crippen molar-refractivity contribution < 1.29 is 0 Å². The van der Waals surface area contributed by atoms with Gasteiger partial charge in [-0.3, -0.25) is 4.98 Å². The van der Waals surface area contributed by atoms with E-state index in [1.54, 1.807) is 0 Å². The Bertz CT molecular complexity index is 2570. The van der Waals surface area contributed by atoms with Gasteiger partial charge in [-0.05, 0) is 48.5 Å². The summed E-state index contributed by atoms with van der Waals surface area (Å²) in [5.41, 5.74) is 12.6. The summed E-state index contributed by atoms with van der Waals surface area (Å²) in [6, 6.07) is 40.7. The number of rotatable bonds is 1. The van der Waals surface area contributed by atoms with Crippen LogP contribution in [-0.2, 0) is 0 Å². The Kier molecular flexibility index (Phi) is 4.12. The SMILES string of the molecule is c1cncc(-n2c3ccccc3c3cc4c5c(c6ccccc6n5-c5ccccc5-c5nc6ccccc6nc5-4)c32)c1. The van der Waals surface area contributed by atoms with E-state index in [0.717, 1.165) is 61.5 Å². The summed E-state index contributed by atoms with van der Waals surface area (Å²) >= 11 is 0. The topological polar surface area (TPSA) is 48.5 Å². The molecule has 0 spiro atoms. The van der Waals surface area contributed by atoms with Crippen LogP contribution in [0.1, 0.15) is 0 Å². The summed E-state index contributed by atoms with van der Waals surface area (Å²) in [5.74, 6) is 0. The lowest BCUT2D eigenvalue weighted by atomic mass is 9.98. The lowest BCUT2D eigenvalue weighted by Crippen LogP contribution is -1.96. The van der Waals surface area contributed by atoms with E-state index in [9.17, 15) is 0 Å². The van der Waals surface area contributed by atoms with Crippen molar-refractivity contribution >= 4 is 54.6 Å². The molecule has 0 bridgehead atoms. The Hall–Kier alpha value is -5.81. The Labute approximate surface area is 240 Å². The van der Waals surface area contributed by atoms with Gasteiger partial charge in [0.15, 0.2) is 0 Å². The smallest absolute Gasteiger partial charge is 0.0995 e. The molecule has 5 heteroatoms. The molecule has 194 valence electrons. The van der Waals surface area contributed by atoms with Crippen molar-refractivity contribution in [1.29, 1.82) is 0 Å². The number of hydrogen-bond acceptors (Lipinski definition) is 3. The monoisotopic (exact) mass is 535 g/mol. The van der Waals surface area contributed by atoms with Crippen molar-refractivity contribution in [1.82, 2.24) is 24.1 Å². The highest BCUT2D eigenvalue weighted by molar-refractivity contribution is 6.30. The standard InChI is InChI=1S/C37H21N5/c1-6-16-30-23(11-1)26-20-27-35-34(39-28-14-4-5-15-29(28)40-35)25-13-3-8-18-32(25)42-31-17-7-2-12-24(31)33(37(27)42)36(26)41(30)22-10-9-19-38-21-22/h1-21H. The third-order valence-electron chi connectivity index (χ3n) is 8.70. The molecule has 5 heterocycles. The van der Waals surface area contributed by atoms with Crippen LogP contribution in [0, 0.1) is 0 Å². The van der Waals surface area contributed by atoms with Gasteiger partial charge in [0.05, 0.1) is 62.1 Å². The first-order valence-electron chi connectivity index (χ1n) is 14.1. The van der Waals surface area contributed by atoms with Gasteiger partial charge >= 0.3 is 0 Å². The summed E-state index contributed by atoms with van der Waals surface area (Å²) in [6.07, 6.45) is 3.78. The molecule has 0 N–H and O–H groups in total. The lowest BCUT2D eigenvalue weighted by Gasteiger charge is -2.12. The highest BCUT2D eigenvalue weighted by Gasteiger charge is 2.30. The predicted octanol–water partition coefficient (Wildman–Crippen LogP) is 8.87. The third kappa shape index (κ3) is 2.70. The van der Waals surface area contributed by atoms with Crippen LogP contribution in [0.3, 0.4) is 0 Å². The molecule has 5 nitrogen and oxygen atoms in total. The van der Waals surface area contributed by atoms with Gasteiger partial charge in [0, 0.05) is 38.9 Å². The first kappa shape index (κ1) is 21.9. The molecule has 1 aliphatic rings. The Morgan fingerprint density at radius 2 is 1.17 bits per heavy atom. The first-order valence-corrected chi connectivity index (χ1v) is 14.1. The van der Waals surface area contributed by atoms with Crippen molar-refractivity contribution in [3.63, 3.8) is 0 Å². The van der Waals surface area contributed by atoms with E-state index in [0.29, 0.717) is 0 Å². The van der Waals surface area contributed by atoms with Gasteiger partial charge in [0.2, 0.25) is 0 Å². The molecule has 0 saturated heterocycles. The highest BCUT2D eigenvalue weighted by Crippen LogP contribution is 2.50. The molecule has 10 rings (SSSR count). The van der Waals surface area contributed by atoms with Crippen LogP contribution in [0.4, 0.5) is 0 Å². The number of fused-ring (bicyclic) bond motifs is 13. The number of para-hydroxylation sites is 5. The van der Waals surface area contributed by atoms with Gasteiger partial charge in [-0.15, -0.1) is 0 Å². The molecule has 9 aromatic rings. The van der Waals surface area contributed by atoms with Crippen molar-refractivity contribution in [2.45, 2.75) is 0 Å². The molecular formula is C37H21N5. The van der Waals surface area contributed by atoms with Crippen molar-refractivity contribution in [3.05, 3.63) is 128 Å². The second kappa shape index (κ2) is 7.89. The third-order valence-corrected chi connectivity index (χ3v) is 8.70. The van der Waals surface area contributed by atoms with Crippen molar-refractivity contribution in [3.8, 4) is 33.9 Å². The fraction of sp³-hybridized carbons (Fsp3) is 0. The first-order chi connectivity index (χ1) is 20.9. The second-order valence-electron chi connectivity index (χ2n) is 10.9. The Morgan fingerprint density at radius 1 is 0.500 bits per heavy atom. The van der Waals surface area contributed by atoms with Gasteiger partial charge in [-0.2, -0.15) is 0 Å². The normalized spacial score (nSPS) is 12.3. The zero-order chi connectivity index (χ0) is 27.4. The quantitative estimate of drug-likeness (QED) is 0.211. The van der Waals surface area contributed by atoms with Crippen LogP contribution in [0.25, 0.3) is 88.5 Å². The average molecular weight is 536 g/mol. The molecule has 1 aliphatic heterocycles. The maximum Gasteiger partial charge on any atom is 0.0995 e. The number of hydrogen-bond donors (Lipinski definition) is 0. The summed E-state index contributed by atoms with van der Waals surface area (Å²) in [5, 5.41) is 4.80. The molecule has 5 aromatic carbocycles. The van der Waals surface area contributed by atoms with Crippen LogP contribution in [0.15, 0.2) is 128 Å². The number of aromatic nitrogens is 5. The maximum atomic E-state index is 5.33. The zero-order valence-electron chi connectivity index (χ0n) is 22.4. The molecule has 0 radical (unpaired) electrons.